The van der Waals surface area contributed by atoms with Gasteiger partial charge in [0.05, 0.1) is 25.4 Å². The summed E-state index contributed by atoms with van der Waals surface area (Å²) in [6.07, 6.45) is 6.97. The SMILES string of the molecule is CN=C(NCC(=O)N1CCc2ccccc21)N1CCC(OCC2CCCCO2)CC1.I. The number of guanidine groups is 1. The second-order valence-electron chi connectivity index (χ2n) is 8.33. The second-order valence-corrected chi connectivity index (χ2v) is 8.33. The fourth-order valence-corrected chi connectivity index (χ4v) is 4.60. The van der Waals surface area contributed by atoms with Gasteiger partial charge in [-0.05, 0) is 50.2 Å². The lowest BCUT2D eigenvalue weighted by Crippen LogP contribution is -2.49. The average molecular weight is 542 g/mol. The van der Waals surface area contributed by atoms with Gasteiger partial charge < -0.3 is 24.6 Å². The number of carbonyl (C=O) groups excluding carboxylic acids is 1. The van der Waals surface area contributed by atoms with Crippen LogP contribution in [0.3, 0.4) is 0 Å². The highest BCUT2D eigenvalue weighted by atomic mass is 127. The molecule has 3 heterocycles. The van der Waals surface area contributed by atoms with Crippen molar-refractivity contribution >= 4 is 41.5 Å². The van der Waals surface area contributed by atoms with Crippen LogP contribution in [-0.2, 0) is 20.7 Å². The van der Waals surface area contributed by atoms with E-state index in [0.717, 1.165) is 63.6 Å². The van der Waals surface area contributed by atoms with E-state index in [1.54, 1.807) is 7.05 Å². The number of ether oxygens (including phenoxy) is 2. The highest BCUT2D eigenvalue weighted by Gasteiger charge is 2.26. The Kier molecular flexibility index (Phi) is 9.40. The lowest BCUT2D eigenvalue weighted by molar-refractivity contribution is -0.117. The average Bonchev–Trinajstić information content (AvgIpc) is 3.24. The minimum Gasteiger partial charge on any atom is -0.376 e. The second kappa shape index (κ2) is 12.0. The number of hydrogen-bond donors (Lipinski definition) is 1. The summed E-state index contributed by atoms with van der Waals surface area (Å²) in [6, 6.07) is 8.14. The Morgan fingerprint density at radius 1 is 1.19 bits per heavy atom. The maximum absolute atomic E-state index is 12.8. The third-order valence-corrected chi connectivity index (χ3v) is 6.33. The number of hydrogen-bond acceptors (Lipinski definition) is 4. The molecule has 0 saturated carbocycles. The van der Waals surface area contributed by atoms with Crippen molar-refractivity contribution in [1.82, 2.24) is 10.2 Å². The van der Waals surface area contributed by atoms with Gasteiger partial charge in [-0.1, -0.05) is 18.2 Å². The molecule has 0 aromatic heterocycles. The van der Waals surface area contributed by atoms with Gasteiger partial charge in [-0.2, -0.15) is 0 Å². The molecule has 0 aliphatic carbocycles. The van der Waals surface area contributed by atoms with Crippen molar-refractivity contribution in [3.8, 4) is 0 Å². The zero-order chi connectivity index (χ0) is 20.8. The molecule has 4 rings (SSSR count). The summed E-state index contributed by atoms with van der Waals surface area (Å²) in [5, 5.41) is 3.27. The number of rotatable bonds is 5. The van der Waals surface area contributed by atoms with Crippen LogP contribution in [0.25, 0.3) is 0 Å². The molecule has 31 heavy (non-hydrogen) atoms. The third-order valence-electron chi connectivity index (χ3n) is 6.33. The first-order valence-electron chi connectivity index (χ1n) is 11.3. The summed E-state index contributed by atoms with van der Waals surface area (Å²) in [5.74, 6) is 0.886. The molecule has 0 spiro atoms. The summed E-state index contributed by atoms with van der Waals surface area (Å²) in [4.78, 5) is 21.3. The monoisotopic (exact) mass is 542 g/mol. The number of halogens is 1. The van der Waals surface area contributed by atoms with Crippen LogP contribution < -0.4 is 10.2 Å². The van der Waals surface area contributed by atoms with Crippen molar-refractivity contribution in [3.63, 3.8) is 0 Å². The number of amides is 1. The standard InChI is InChI=1S/C23H34N4O3.HI/c1-24-23(25-16-22(28)27-14-9-18-6-2-3-8-21(18)27)26-12-10-19(11-13-26)30-17-20-7-4-5-15-29-20;/h2-3,6,8,19-20H,4-5,7,9-17H2,1H3,(H,24,25);1H. The molecule has 0 radical (unpaired) electrons. The number of carbonyl (C=O) groups is 1. The van der Waals surface area contributed by atoms with E-state index in [0.29, 0.717) is 6.61 Å². The van der Waals surface area contributed by atoms with E-state index in [-0.39, 0.29) is 48.6 Å². The third kappa shape index (κ3) is 6.32. The summed E-state index contributed by atoms with van der Waals surface area (Å²) in [6.45, 7) is 4.37. The molecule has 0 bridgehead atoms. The van der Waals surface area contributed by atoms with E-state index in [1.807, 2.05) is 23.1 Å². The minimum atomic E-state index is 0. The molecule has 3 aliphatic rings. The number of nitrogens with one attached hydrogen (secondary N) is 1. The zero-order valence-electron chi connectivity index (χ0n) is 18.4. The highest BCUT2D eigenvalue weighted by molar-refractivity contribution is 14.0. The Bertz CT molecular complexity index is 746. The number of piperidine rings is 1. The lowest BCUT2D eigenvalue weighted by atomic mass is 10.1. The topological polar surface area (TPSA) is 66.4 Å². The Balaban J connectivity index is 0.00000272. The van der Waals surface area contributed by atoms with Crippen molar-refractivity contribution in [2.24, 2.45) is 4.99 Å². The first kappa shape index (κ1) is 24.3. The molecule has 2 saturated heterocycles. The Morgan fingerprint density at radius 3 is 2.74 bits per heavy atom. The highest BCUT2D eigenvalue weighted by Crippen LogP contribution is 2.27. The Hall–Kier alpha value is -1.39. The van der Waals surface area contributed by atoms with Crippen molar-refractivity contribution in [3.05, 3.63) is 29.8 Å². The van der Waals surface area contributed by atoms with Crippen LogP contribution in [0.5, 0.6) is 0 Å². The predicted molar refractivity (Wildman–Crippen MR) is 133 cm³/mol. The van der Waals surface area contributed by atoms with Crippen LogP contribution in [-0.4, -0.2) is 75.4 Å². The number of para-hydroxylation sites is 1. The van der Waals surface area contributed by atoms with Gasteiger partial charge >= 0.3 is 0 Å². The van der Waals surface area contributed by atoms with Crippen molar-refractivity contribution in [2.75, 3.05) is 51.3 Å². The molecule has 2 fully saturated rings. The molecule has 7 nitrogen and oxygen atoms in total. The van der Waals surface area contributed by atoms with E-state index in [1.165, 1.54) is 18.4 Å². The molecule has 1 amide bonds. The number of nitrogens with zero attached hydrogens (tertiary/aromatic N) is 3. The summed E-state index contributed by atoms with van der Waals surface area (Å²) in [5.41, 5.74) is 2.29. The summed E-state index contributed by atoms with van der Waals surface area (Å²) in [7, 11) is 1.78. The fraction of sp³-hybridized carbons (Fsp3) is 0.652. The van der Waals surface area contributed by atoms with Crippen molar-refractivity contribution < 1.29 is 14.3 Å². The quantitative estimate of drug-likeness (QED) is 0.352. The van der Waals surface area contributed by atoms with Gasteiger partial charge in [0, 0.05) is 39.0 Å². The van der Waals surface area contributed by atoms with Gasteiger partial charge in [0.15, 0.2) is 5.96 Å². The van der Waals surface area contributed by atoms with E-state index in [9.17, 15) is 4.79 Å². The molecule has 1 aromatic carbocycles. The first-order chi connectivity index (χ1) is 14.7. The van der Waals surface area contributed by atoms with E-state index in [4.69, 9.17) is 9.47 Å². The van der Waals surface area contributed by atoms with Crippen molar-refractivity contribution in [1.29, 1.82) is 0 Å². The van der Waals surface area contributed by atoms with Crippen molar-refractivity contribution in [2.45, 2.75) is 50.7 Å². The number of fused-ring (bicyclic) bond motifs is 1. The van der Waals surface area contributed by atoms with Crippen LogP contribution >= 0.6 is 24.0 Å². The van der Waals surface area contributed by atoms with Crippen LogP contribution in [0.2, 0.25) is 0 Å². The van der Waals surface area contributed by atoms with Gasteiger partial charge in [0.2, 0.25) is 5.91 Å². The van der Waals surface area contributed by atoms with Crippen LogP contribution in [0.15, 0.2) is 29.3 Å². The molecular formula is C23H35IN4O3. The minimum absolute atomic E-state index is 0. The molecular weight excluding hydrogens is 507 g/mol. The van der Waals surface area contributed by atoms with E-state index in [2.05, 4.69) is 21.3 Å². The van der Waals surface area contributed by atoms with Crippen LogP contribution in [0, 0.1) is 0 Å². The van der Waals surface area contributed by atoms with E-state index >= 15 is 0 Å². The molecule has 1 aromatic rings. The Morgan fingerprint density at radius 2 is 2.00 bits per heavy atom. The number of aliphatic imine (C=N–C) groups is 1. The number of anilines is 1. The van der Waals surface area contributed by atoms with Gasteiger partial charge in [-0.25, -0.2) is 0 Å². The molecule has 172 valence electrons. The zero-order valence-corrected chi connectivity index (χ0v) is 20.8. The maximum atomic E-state index is 12.8. The van der Waals surface area contributed by atoms with Crippen LogP contribution in [0.4, 0.5) is 5.69 Å². The predicted octanol–water partition coefficient (Wildman–Crippen LogP) is 2.82. The lowest BCUT2D eigenvalue weighted by Gasteiger charge is -2.35. The van der Waals surface area contributed by atoms with Gasteiger partial charge in [-0.15, -0.1) is 24.0 Å². The molecule has 1 unspecified atom stereocenters. The first-order valence-corrected chi connectivity index (χ1v) is 11.3. The van der Waals surface area contributed by atoms with Gasteiger partial charge in [0.1, 0.15) is 0 Å². The van der Waals surface area contributed by atoms with Gasteiger partial charge in [0.25, 0.3) is 0 Å². The normalized spacial score (nSPS) is 22.1. The number of likely N-dealkylation sites (tertiary alicyclic amines) is 1. The largest absolute Gasteiger partial charge is 0.376 e. The fourth-order valence-electron chi connectivity index (χ4n) is 4.60. The maximum Gasteiger partial charge on any atom is 0.246 e. The van der Waals surface area contributed by atoms with Gasteiger partial charge in [-0.3, -0.25) is 9.79 Å². The Labute approximate surface area is 202 Å². The smallest absolute Gasteiger partial charge is 0.246 e. The molecule has 1 atom stereocenters. The van der Waals surface area contributed by atoms with Crippen LogP contribution in [0.1, 0.15) is 37.7 Å². The molecule has 8 heteroatoms. The molecule has 3 aliphatic heterocycles. The summed E-state index contributed by atoms with van der Waals surface area (Å²) < 4.78 is 11.9. The molecule has 1 N–H and O–H groups in total. The number of benzene rings is 1. The van der Waals surface area contributed by atoms with E-state index < -0.39 is 0 Å². The summed E-state index contributed by atoms with van der Waals surface area (Å²) >= 11 is 0.